The van der Waals surface area contributed by atoms with E-state index in [1.54, 1.807) is 12.1 Å². The molecule has 3 atom stereocenters. The number of aliphatic hydroxyl groups is 1. The third kappa shape index (κ3) is 2.06. The van der Waals surface area contributed by atoms with Gasteiger partial charge >= 0.3 is 0 Å². The lowest BCUT2D eigenvalue weighted by Gasteiger charge is -2.20. The van der Waals surface area contributed by atoms with E-state index in [2.05, 4.69) is 4.90 Å². The number of hydrogen-bond donors (Lipinski definition) is 1. The summed E-state index contributed by atoms with van der Waals surface area (Å²) >= 11 is 0. The smallest absolute Gasteiger partial charge is 0.280 e. The van der Waals surface area contributed by atoms with Crippen LogP contribution in [-0.4, -0.2) is 35.5 Å². The predicted octanol–water partition coefficient (Wildman–Crippen LogP) is 1.61. The number of fused-ring (bicyclic) bond motifs is 1. The Bertz CT molecular complexity index is 560. The van der Waals surface area contributed by atoms with E-state index in [-0.39, 0.29) is 23.3 Å². The average molecular weight is 276 g/mol. The fraction of sp³-hybridized carbons (Fsp3) is 0.500. The van der Waals surface area contributed by atoms with Gasteiger partial charge in [-0.15, -0.1) is 0 Å². The topological polar surface area (TPSA) is 83.7 Å². The van der Waals surface area contributed by atoms with Crippen LogP contribution in [-0.2, 0) is 0 Å². The Morgan fingerprint density at radius 2 is 2.15 bits per heavy atom. The van der Waals surface area contributed by atoms with Gasteiger partial charge in [-0.1, -0.05) is 0 Å². The van der Waals surface area contributed by atoms with E-state index in [0.717, 1.165) is 31.6 Å². The number of anilines is 1. The Hall–Kier alpha value is -1.95. The third-order valence-electron chi connectivity index (χ3n) is 4.52. The molecule has 1 aliphatic carbocycles. The number of aldehydes is 1. The summed E-state index contributed by atoms with van der Waals surface area (Å²) in [4.78, 5) is 23.4. The van der Waals surface area contributed by atoms with Crippen molar-refractivity contribution in [3.8, 4) is 0 Å². The first-order valence-corrected chi connectivity index (χ1v) is 6.77. The van der Waals surface area contributed by atoms with Crippen molar-refractivity contribution in [3.63, 3.8) is 0 Å². The molecule has 1 heterocycles. The van der Waals surface area contributed by atoms with Crippen LogP contribution in [0.2, 0.25) is 0 Å². The Morgan fingerprint density at radius 1 is 1.35 bits per heavy atom. The summed E-state index contributed by atoms with van der Waals surface area (Å²) in [6.45, 7) is 1.60. The molecule has 0 amide bonds. The largest absolute Gasteiger partial charge is 0.393 e. The molecule has 3 rings (SSSR count). The molecule has 6 nitrogen and oxygen atoms in total. The van der Waals surface area contributed by atoms with Crippen molar-refractivity contribution < 1.29 is 14.8 Å². The van der Waals surface area contributed by atoms with Crippen LogP contribution in [0.3, 0.4) is 0 Å². The number of benzene rings is 1. The van der Waals surface area contributed by atoms with Gasteiger partial charge in [-0.05, 0) is 30.9 Å². The van der Waals surface area contributed by atoms with Crippen molar-refractivity contribution in [1.29, 1.82) is 0 Å². The molecular weight excluding hydrogens is 260 g/mol. The molecule has 0 aromatic heterocycles. The molecule has 0 spiro atoms. The number of nitro benzene ring substituents is 1. The van der Waals surface area contributed by atoms with Crippen LogP contribution in [0, 0.1) is 22.0 Å². The second kappa shape index (κ2) is 4.86. The zero-order chi connectivity index (χ0) is 14.3. The Morgan fingerprint density at radius 3 is 2.80 bits per heavy atom. The first kappa shape index (κ1) is 13.1. The molecule has 106 valence electrons. The number of nitrogens with zero attached hydrogens (tertiary/aromatic N) is 2. The fourth-order valence-electron chi connectivity index (χ4n) is 3.45. The van der Waals surface area contributed by atoms with Gasteiger partial charge in [0.2, 0.25) is 0 Å². The van der Waals surface area contributed by atoms with E-state index in [4.69, 9.17) is 0 Å². The van der Waals surface area contributed by atoms with Gasteiger partial charge in [0, 0.05) is 30.8 Å². The van der Waals surface area contributed by atoms with E-state index in [1.807, 2.05) is 0 Å². The molecule has 6 heteroatoms. The lowest BCUT2D eigenvalue weighted by atomic mass is 10.00. The molecule has 20 heavy (non-hydrogen) atoms. The van der Waals surface area contributed by atoms with Crippen molar-refractivity contribution in [1.82, 2.24) is 0 Å². The van der Waals surface area contributed by atoms with Gasteiger partial charge in [-0.25, -0.2) is 0 Å². The van der Waals surface area contributed by atoms with E-state index in [9.17, 15) is 20.0 Å². The molecule has 0 bridgehead atoms. The van der Waals surface area contributed by atoms with Gasteiger partial charge in [0.1, 0.15) is 0 Å². The van der Waals surface area contributed by atoms with E-state index < -0.39 is 4.92 Å². The second-order valence-electron chi connectivity index (χ2n) is 5.59. The molecule has 1 saturated heterocycles. The Balaban J connectivity index is 1.85. The van der Waals surface area contributed by atoms with E-state index in [1.165, 1.54) is 6.07 Å². The average Bonchev–Trinajstić information content (AvgIpc) is 3.00. The van der Waals surface area contributed by atoms with Gasteiger partial charge in [0.25, 0.3) is 5.69 Å². The summed E-state index contributed by atoms with van der Waals surface area (Å²) in [7, 11) is 0. The summed E-state index contributed by atoms with van der Waals surface area (Å²) < 4.78 is 0. The lowest BCUT2D eigenvalue weighted by molar-refractivity contribution is -0.385. The summed E-state index contributed by atoms with van der Waals surface area (Å²) in [6, 6.07) is 4.63. The second-order valence-corrected chi connectivity index (χ2v) is 5.59. The number of aliphatic hydroxyl groups excluding tert-OH is 1. The molecule has 1 N–H and O–H groups in total. The molecule has 1 aromatic rings. The Labute approximate surface area is 116 Å². The van der Waals surface area contributed by atoms with Gasteiger partial charge in [-0.3, -0.25) is 14.9 Å². The zero-order valence-corrected chi connectivity index (χ0v) is 10.9. The summed E-state index contributed by atoms with van der Waals surface area (Å²) in [5.74, 6) is 0.768. The number of hydrogen-bond acceptors (Lipinski definition) is 5. The van der Waals surface area contributed by atoms with Crippen molar-refractivity contribution >= 4 is 17.7 Å². The molecular formula is C14H16N2O4. The Kier molecular flexibility index (Phi) is 3.17. The molecule has 0 radical (unpaired) electrons. The lowest BCUT2D eigenvalue weighted by Crippen LogP contribution is -2.24. The molecule has 1 aromatic carbocycles. The first-order chi connectivity index (χ1) is 9.60. The van der Waals surface area contributed by atoms with Crippen LogP contribution in [0.4, 0.5) is 11.4 Å². The standard InChI is InChI=1S/C14H16N2O4/c17-8-10-5-11(2-3-13(10)16(19)20)15-6-9-1-4-14(18)12(9)7-15/h2-3,5,8-9,12,14,18H,1,4,6-7H2. The quantitative estimate of drug-likeness (QED) is 0.515. The fourth-order valence-corrected chi connectivity index (χ4v) is 3.45. The monoisotopic (exact) mass is 276 g/mol. The maximum absolute atomic E-state index is 11.0. The van der Waals surface area contributed by atoms with Crippen molar-refractivity contribution in [2.24, 2.45) is 11.8 Å². The molecule has 2 fully saturated rings. The van der Waals surface area contributed by atoms with Crippen molar-refractivity contribution in [2.45, 2.75) is 18.9 Å². The minimum Gasteiger partial charge on any atom is -0.393 e. The van der Waals surface area contributed by atoms with Crippen molar-refractivity contribution in [3.05, 3.63) is 33.9 Å². The summed E-state index contributed by atoms with van der Waals surface area (Å²) in [6.07, 6.45) is 2.17. The molecule has 1 aliphatic heterocycles. The number of carbonyl (C=O) groups is 1. The highest BCUT2D eigenvalue weighted by molar-refractivity contribution is 5.83. The van der Waals surface area contributed by atoms with E-state index in [0.29, 0.717) is 12.2 Å². The van der Waals surface area contributed by atoms with Crippen LogP contribution in [0.25, 0.3) is 0 Å². The number of carbonyl (C=O) groups excluding carboxylic acids is 1. The van der Waals surface area contributed by atoms with Gasteiger partial charge < -0.3 is 10.0 Å². The van der Waals surface area contributed by atoms with Gasteiger partial charge in [0.05, 0.1) is 16.6 Å². The molecule has 1 saturated carbocycles. The van der Waals surface area contributed by atoms with Gasteiger partial charge in [0.15, 0.2) is 6.29 Å². The normalized spacial score (nSPS) is 28.4. The van der Waals surface area contributed by atoms with Crippen LogP contribution in [0.15, 0.2) is 18.2 Å². The highest BCUT2D eigenvalue weighted by atomic mass is 16.6. The van der Waals surface area contributed by atoms with Gasteiger partial charge in [-0.2, -0.15) is 0 Å². The van der Waals surface area contributed by atoms with Crippen LogP contribution in [0.1, 0.15) is 23.2 Å². The zero-order valence-electron chi connectivity index (χ0n) is 10.9. The maximum Gasteiger partial charge on any atom is 0.280 e. The first-order valence-electron chi connectivity index (χ1n) is 6.77. The van der Waals surface area contributed by atoms with Crippen LogP contribution < -0.4 is 4.90 Å². The molecule has 3 unspecified atom stereocenters. The predicted molar refractivity (Wildman–Crippen MR) is 72.9 cm³/mol. The molecule has 2 aliphatic rings. The number of nitro groups is 1. The number of rotatable bonds is 3. The third-order valence-corrected chi connectivity index (χ3v) is 4.52. The summed E-state index contributed by atoms with van der Waals surface area (Å²) in [5, 5.41) is 20.7. The summed E-state index contributed by atoms with van der Waals surface area (Å²) in [5.41, 5.74) is 0.757. The SMILES string of the molecule is O=Cc1cc(N2CC3CCC(O)C3C2)ccc1[N+](=O)[O-]. The van der Waals surface area contributed by atoms with E-state index >= 15 is 0 Å². The maximum atomic E-state index is 11.0. The van der Waals surface area contributed by atoms with Crippen LogP contribution in [0.5, 0.6) is 0 Å². The highest BCUT2D eigenvalue weighted by Gasteiger charge is 2.42. The van der Waals surface area contributed by atoms with Crippen LogP contribution >= 0.6 is 0 Å². The van der Waals surface area contributed by atoms with Crippen molar-refractivity contribution in [2.75, 3.05) is 18.0 Å². The minimum atomic E-state index is -0.546. The highest BCUT2D eigenvalue weighted by Crippen LogP contribution is 2.40. The minimum absolute atomic E-state index is 0.102.